The third-order valence-electron chi connectivity index (χ3n) is 5.19. The van der Waals surface area contributed by atoms with Crippen LogP contribution in [0.25, 0.3) is 0 Å². The molecule has 2 nitrogen and oxygen atoms in total. The van der Waals surface area contributed by atoms with Crippen LogP contribution in [0.5, 0.6) is 5.75 Å². The summed E-state index contributed by atoms with van der Waals surface area (Å²) in [5.41, 5.74) is 7.44. The molecule has 0 radical (unpaired) electrons. The van der Waals surface area contributed by atoms with E-state index in [4.69, 9.17) is 5.73 Å². The van der Waals surface area contributed by atoms with E-state index in [1.165, 1.54) is 18.6 Å². The fourth-order valence-corrected chi connectivity index (χ4v) is 4.09. The molecule has 0 amide bonds. The van der Waals surface area contributed by atoms with Gasteiger partial charge in [0.05, 0.1) is 0 Å². The summed E-state index contributed by atoms with van der Waals surface area (Å²) < 4.78 is 40.6. The van der Waals surface area contributed by atoms with Crippen molar-refractivity contribution in [2.24, 2.45) is 11.7 Å². The van der Waals surface area contributed by atoms with Crippen LogP contribution in [0.3, 0.4) is 0 Å². The maximum absolute atomic E-state index is 12.2. The zero-order valence-corrected chi connectivity index (χ0v) is 11.8. The smallest absolute Gasteiger partial charge is 0.406 e. The van der Waals surface area contributed by atoms with Gasteiger partial charge in [0.2, 0.25) is 0 Å². The van der Waals surface area contributed by atoms with Crippen molar-refractivity contribution in [2.45, 2.75) is 56.3 Å². The second-order valence-corrected chi connectivity index (χ2v) is 6.28. The molecule has 1 aromatic rings. The highest BCUT2D eigenvalue weighted by molar-refractivity contribution is 5.35. The Labute approximate surface area is 122 Å². The van der Waals surface area contributed by atoms with Crippen LogP contribution in [0.4, 0.5) is 13.2 Å². The highest BCUT2D eigenvalue weighted by Crippen LogP contribution is 2.54. The predicted molar refractivity (Wildman–Crippen MR) is 74.0 cm³/mol. The number of hydrogen-bond acceptors (Lipinski definition) is 2. The van der Waals surface area contributed by atoms with Gasteiger partial charge in [0.15, 0.2) is 0 Å². The average Bonchev–Trinajstić information content (AvgIpc) is 2.75. The summed E-state index contributed by atoms with van der Waals surface area (Å²) in [6, 6.07) is 6.62. The maximum atomic E-state index is 12.2. The number of benzene rings is 1. The van der Waals surface area contributed by atoms with Crippen LogP contribution in [0, 0.1) is 5.92 Å². The van der Waals surface area contributed by atoms with E-state index < -0.39 is 6.36 Å². The van der Waals surface area contributed by atoms with Crippen LogP contribution < -0.4 is 10.5 Å². The second-order valence-electron chi connectivity index (χ2n) is 6.28. The first-order valence-corrected chi connectivity index (χ1v) is 7.53. The zero-order chi connectivity index (χ0) is 15.1. The van der Waals surface area contributed by atoms with E-state index in [0.717, 1.165) is 37.7 Å². The Morgan fingerprint density at radius 1 is 1.05 bits per heavy atom. The highest BCUT2D eigenvalue weighted by Gasteiger charge is 2.48. The molecule has 21 heavy (non-hydrogen) atoms. The molecule has 0 saturated heterocycles. The molecular formula is C16H20F3NO. The van der Waals surface area contributed by atoms with E-state index in [-0.39, 0.29) is 17.2 Å². The zero-order valence-electron chi connectivity index (χ0n) is 11.8. The molecule has 2 saturated carbocycles. The Morgan fingerprint density at radius 2 is 1.71 bits per heavy atom. The molecule has 2 fully saturated rings. The lowest BCUT2D eigenvalue weighted by Crippen LogP contribution is -2.47. The van der Waals surface area contributed by atoms with Gasteiger partial charge in [-0.1, -0.05) is 25.0 Å². The number of ether oxygens (including phenoxy) is 1. The first kappa shape index (κ1) is 14.7. The quantitative estimate of drug-likeness (QED) is 0.910. The van der Waals surface area contributed by atoms with Crippen molar-refractivity contribution in [3.05, 3.63) is 29.8 Å². The third-order valence-corrected chi connectivity index (χ3v) is 5.19. The van der Waals surface area contributed by atoms with E-state index in [1.807, 2.05) is 0 Å². The van der Waals surface area contributed by atoms with Crippen molar-refractivity contribution >= 4 is 0 Å². The van der Waals surface area contributed by atoms with E-state index >= 15 is 0 Å². The Bertz CT molecular complexity index is 493. The Hall–Kier alpha value is -1.23. The summed E-state index contributed by atoms with van der Waals surface area (Å²) in [6.07, 6.45) is 2.05. The molecule has 2 aliphatic rings. The van der Waals surface area contributed by atoms with Gasteiger partial charge in [0.25, 0.3) is 0 Å². The molecule has 2 aliphatic carbocycles. The van der Waals surface area contributed by atoms with Crippen LogP contribution in [0.2, 0.25) is 0 Å². The molecule has 116 valence electrons. The molecular weight excluding hydrogens is 279 g/mol. The molecule has 0 heterocycles. The van der Waals surface area contributed by atoms with Crippen LogP contribution in [-0.4, -0.2) is 12.4 Å². The van der Waals surface area contributed by atoms with Gasteiger partial charge in [0.1, 0.15) is 5.75 Å². The van der Waals surface area contributed by atoms with Gasteiger partial charge >= 0.3 is 6.36 Å². The van der Waals surface area contributed by atoms with E-state index in [0.29, 0.717) is 5.92 Å². The van der Waals surface area contributed by atoms with Crippen LogP contribution in [0.15, 0.2) is 24.3 Å². The normalized spacial score (nSPS) is 28.2. The fourth-order valence-electron chi connectivity index (χ4n) is 4.09. The SMILES string of the molecule is NC1CCCC1C1(c2ccc(OC(F)(F)F)cc2)CCC1. The minimum absolute atomic E-state index is 0.0761. The summed E-state index contributed by atoms with van der Waals surface area (Å²) in [7, 11) is 0. The molecule has 1 aromatic carbocycles. The standard InChI is InChI=1S/C16H20F3NO/c17-16(18,19)21-12-7-5-11(6-8-12)15(9-2-10-15)13-3-1-4-14(13)20/h5-8,13-14H,1-4,9-10,20H2. The molecule has 0 spiro atoms. The van der Waals surface area contributed by atoms with Gasteiger partial charge in [-0.2, -0.15) is 0 Å². The van der Waals surface area contributed by atoms with Crippen molar-refractivity contribution in [3.63, 3.8) is 0 Å². The molecule has 3 rings (SSSR count). The van der Waals surface area contributed by atoms with Crippen molar-refractivity contribution in [3.8, 4) is 5.75 Å². The Morgan fingerprint density at radius 3 is 2.14 bits per heavy atom. The van der Waals surface area contributed by atoms with Gasteiger partial charge in [-0.3, -0.25) is 0 Å². The van der Waals surface area contributed by atoms with Crippen molar-refractivity contribution < 1.29 is 17.9 Å². The molecule has 0 aromatic heterocycles. The van der Waals surface area contributed by atoms with E-state index in [9.17, 15) is 13.2 Å². The summed E-state index contributed by atoms with van der Waals surface area (Å²) in [5, 5.41) is 0. The van der Waals surface area contributed by atoms with Gasteiger partial charge in [-0.25, -0.2) is 0 Å². The first-order chi connectivity index (χ1) is 9.91. The van der Waals surface area contributed by atoms with Crippen molar-refractivity contribution in [2.75, 3.05) is 0 Å². The van der Waals surface area contributed by atoms with Gasteiger partial charge in [0, 0.05) is 6.04 Å². The number of halogens is 3. The minimum Gasteiger partial charge on any atom is -0.406 e. The number of rotatable bonds is 3. The molecule has 5 heteroatoms. The van der Waals surface area contributed by atoms with Gasteiger partial charge in [-0.05, 0) is 54.7 Å². The molecule has 2 unspecified atom stereocenters. The average molecular weight is 299 g/mol. The summed E-state index contributed by atoms with van der Waals surface area (Å²) >= 11 is 0. The lowest BCUT2D eigenvalue weighted by Gasteiger charge is -2.49. The topological polar surface area (TPSA) is 35.2 Å². The van der Waals surface area contributed by atoms with Gasteiger partial charge in [-0.15, -0.1) is 13.2 Å². The van der Waals surface area contributed by atoms with E-state index in [1.54, 1.807) is 12.1 Å². The van der Waals surface area contributed by atoms with Crippen molar-refractivity contribution in [1.29, 1.82) is 0 Å². The number of hydrogen-bond donors (Lipinski definition) is 1. The van der Waals surface area contributed by atoms with E-state index in [2.05, 4.69) is 4.74 Å². The lowest BCUT2D eigenvalue weighted by molar-refractivity contribution is -0.274. The minimum atomic E-state index is -4.64. The first-order valence-electron chi connectivity index (χ1n) is 7.53. The van der Waals surface area contributed by atoms with Crippen LogP contribution in [-0.2, 0) is 5.41 Å². The van der Waals surface area contributed by atoms with Crippen LogP contribution >= 0.6 is 0 Å². The second kappa shape index (κ2) is 5.20. The molecule has 0 aliphatic heterocycles. The summed E-state index contributed by atoms with van der Waals surface area (Å²) in [6.45, 7) is 0. The van der Waals surface area contributed by atoms with Crippen LogP contribution in [0.1, 0.15) is 44.1 Å². The number of alkyl halides is 3. The Kier molecular flexibility index (Phi) is 3.64. The fraction of sp³-hybridized carbons (Fsp3) is 0.625. The number of nitrogens with two attached hydrogens (primary N) is 1. The summed E-state index contributed by atoms with van der Waals surface area (Å²) in [5.74, 6) is 0.303. The predicted octanol–water partition coefficient (Wildman–Crippen LogP) is 4.13. The summed E-state index contributed by atoms with van der Waals surface area (Å²) in [4.78, 5) is 0. The lowest BCUT2D eigenvalue weighted by atomic mass is 9.56. The Balaban J connectivity index is 1.82. The molecule has 2 atom stereocenters. The molecule has 2 N–H and O–H groups in total. The largest absolute Gasteiger partial charge is 0.573 e. The van der Waals surface area contributed by atoms with Crippen molar-refractivity contribution in [1.82, 2.24) is 0 Å². The maximum Gasteiger partial charge on any atom is 0.573 e. The highest BCUT2D eigenvalue weighted by atomic mass is 19.4. The third kappa shape index (κ3) is 2.76. The monoisotopic (exact) mass is 299 g/mol. The molecule has 0 bridgehead atoms. The van der Waals surface area contributed by atoms with Gasteiger partial charge < -0.3 is 10.5 Å².